The van der Waals surface area contributed by atoms with E-state index in [-0.39, 0.29) is 0 Å². The van der Waals surface area contributed by atoms with Gasteiger partial charge in [0.05, 0.1) is 5.01 Å². The number of hydrogen-bond acceptors (Lipinski definition) is 3. The van der Waals surface area contributed by atoms with Crippen molar-refractivity contribution in [3.8, 4) is 0 Å². The van der Waals surface area contributed by atoms with Crippen LogP contribution in [0, 0.1) is 12.8 Å². The van der Waals surface area contributed by atoms with Gasteiger partial charge in [-0.1, -0.05) is 19.8 Å². The van der Waals surface area contributed by atoms with Crippen LogP contribution in [-0.2, 0) is 6.42 Å². The Morgan fingerprint density at radius 3 is 2.94 bits per heavy atom. The number of aromatic nitrogens is 1. The third kappa shape index (κ3) is 3.87. The maximum absolute atomic E-state index is 4.56. The van der Waals surface area contributed by atoms with Crippen LogP contribution in [0.25, 0.3) is 0 Å². The molecule has 3 heteroatoms. The molecule has 0 aliphatic heterocycles. The van der Waals surface area contributed by atoms with Crippen molar-refractivity contribution in [2.24, 2.45) is 5.92 Å². The van der Waals surface area contributed by atoms with Gasteiger partial charge in [-0.2, -0.15) is 0 Å². The van der Waals surface area contributed by atoms with E-state index in [0.29, 0.717) is 6.04 Å². The van der Waals surface area contributed by atoms with E-state index >= 15 is 0 Å². The van der Waals surface area contributed by atoms with Crippen molar-refractivity contribution in [1.82, 2.24) is 10.3 Å². The first kappa shape index (κ1) is 12.1. The molecule has 1 unspecified atom stereocenters. The highest BCUT2D eigenvalue weighted by Crippen LogP contribution is 2.34. The first-order valence-electron chi connectivity index (χ1n) is 6.42. The van der Waals surface area contributed by atoms with E-state index in [1.807, 2.05) is 11.3 Å². The van der Waals surface area contributed by atoms with Gasteiger partial charge in [0.2, 0.25) is 0 Å². The normalized spacial score (nSPS) is 17.6. The second-order valence-electron chi connectivity index (χ2n) is 4.92. The summed E-state index contributed by atoms with van der Waals surface area (Å²) in [6.07, 6.45) is 6.58. The average Bonchev–Trinajstić information content (AvgIpc) is 2.98. The van der Waals surface area contributed by atoms with Gasteiger partial charge in [-0.3, -0.25) is 0 Å². The van der Waals surface area contributed by atoms with Crippen LogP contribution >= 0.6 is 11.3 Å². The van der Waals surface area contributed by atoms with Crippen LogP contribution < -0.4 is 5.32 Å². The largest absolute Gasteiger partial charge is 0.314 e. The number of aryl methyl sites for hydroxylation is 1. The molecule has 1 atom stereocenters. The predicted molar refractivity (Wildman–Crippen MR) is 70.0 cm³/mol. The number of thiazole rings is 1. The monoisotopic (exact) mass is 238 g/mol. The van der Waals surface area contributed by atoms with Gasteiger partial charge in [0, 0.05) is 23.5 Å². The van der Waals surface area contributed by atoms with E-state index in [4.69, 9.17) is 0 Å². The van der Waals surface area contributed by atoms with Gasteiger partial charge < -0.3 is 5.32 Å². The summed E-state index contributed by atoms with van der Waals surface area (Å²) in [6, 6.07) is 0.651. The predicted octanol–water partition coefficient (Wildman–Crippen LogP) is 3.16. The zero-order valence-electron chi connectivity index (χ0n) is 10.3. The van der Waals surface area contributed by atoms with Crippen LogP contribution in [0.5, 0.6) is 0 Å². The van der Waals surface area contributed by atoms with E-state index in [1.54, 1.807) is 0 Å². The highest BCUT2D eigenvalue weighted by molar-refractivity contribution is 7.09. The zero-order valence-corrected chi connectivity index (χ0v) is 11.1. The molecule has 0 bridgehead atoms. The minimum atomic E-state index is 0.651. The second kappa shape index (κ2) is 5.78. The summed E-state index contributed by atoms with van der Waals surface area (Å²) < 4.78 is 0. The number of nitrogens with one attached hydrogen (secondary N) is 1. The van der Waals surface area contributed by atoms with Crippen molar-refractivity contribution in [3.05, 3.63) is 16.1 Å². The van der Waals surface area contributed by atoms with Crippen LogP contribution in [0.2, 0.25) is 0 Å². The third-order valence-electron chi connectivity index (χ3n) is 3.09. The summed E-state index contributed by atoms with van der Waals surface area (Å²) in [5, 5.41) is 7.12. The Hall–Kier alpha value is -0.410. The summed E-state index contributed by atoms with van der Waals surface area (Å²) in [5.41, 5.74) is 1.17. The summed E-state index contributed by atoms with van der Waals surface area (Å²) in [4.78, 5) is 4.56. The first-order valence-corrected chi connectivity index (χ1v) is 7.30. The van der Waals surface area contributed by atoms with E-state index < -0.39 is 0 Å². The lowest BCUT2D eigenvalue weighted by atomic mass is 10.1. The molecule has 2 nitrogen and oxygen atoms in total. The summed E-state index contributed by atoms with van der Waals surface area (Å²) in [6.45, 7) is 5.45. The fraction of sp³-hybridized carbons (Fsp3) is 0.769. The molecule has 90 valence electrons. The first-order chi connectivity index (χ1) is 7.78. The van der Waals surface area contributed by atoms with Crippen molar-refractivity contribution in [1.29, 1.82) is 0 Å². The quantitative estimate of drug-likeness (QED) is 0.789. The van der Waals surface area contributed by atoms with Gasteiger partial charge in [-0.05, 0) is 32.2 Å². The maximum Gasteiger partial charge on any atom is 0.0943 e. The van der Waals surface area contributed by atoms with E-state index in [2.05, 4.69) is 29.5 Å². The molecule has 0 spiro atoms. The van der Waals surface area contributed by atoms with Crippen molar-refractivity contribution in [2.75, 3.05) is 6.54 Å². The number of nitrogens with zero attached hydrogens (tertiary/aromatic N) is 1. The van der Waals surface area contributed by atoms with Crippen LogP contribution in [0.4, 0.5) is 0 Å². The summed E-state index contributed by atoms with van der Waals surface area (Å²) in [7, 11) is 0. The fourth-order valence-corrected chi connectivity index (χ4v) is 2.90. The van der Waals surface area contributed by atoms with Crippen molar-refractivity contribution in [2.45, 2.75) is 52.0 Å². The minimum Gasteiger partial charge on any atom is -0.314 e. The lowest BCUT2D eigenvalue weighted by Crippen LogP contribution is -2.32. The topological polar surface area (TPSA) is 24.9 Å². The molecular formula is C13H22N2S. The molecule has 0 aromatic carbocycles. The maximum atomic E-state index is 4.56. The molecule has 0 saturated heterocycles. The van der Waals surface area contributed by atoms with Gasteiger partial charge in [-0.25, -0.2) is 4.98 Å². The Kier molecular flexibility index (Phi) is 4.36. The SMILES string of the molecule is CCCNC(Cc1nc(C)cs1)CC1CC1. The minimum absolute atomic E-state index is 0.651. The molecule has 16 heavy (non-hydrogen) atoms. The molecule has 1 aromatic rings. The highest BCUT2D eigenvalue weighted by Gasteiger charge is 2.25. The van der Waals surface area contributed by atoms with Crippen molar-refractivity contribution < 1.29 is 0 Å². The lowest BCUT2D eigenvalue weighted by molar-refractivity contribution is 0.454. The Labute approximate surface area is 102 Å². The molecule has 1 aliphatic carbocycles. The molecule has 1 heterocycles. The zero-order chi connectivity index (χ0) is 11.4. The Bertz CT molecular complexity index is 317. The number of hydrogen-bond donors (Lipinski definition) is 1. The molecule has 1 aromatic heterocycles. The van der Waals surface area contributed by atoms with E-state index in [0.717, 1.165) is 18.9 Å². The van der Waals surface area contributed by atoms with Crippen molar-refractivity contribution >= 4 is 11.3 Å². The smallest absolute Gasteiger partial charge is 0.0943 e. The van der Waals surface area contributed by atoms with Crippen molar-refractivity contribution in [3.63, 3.8) is 0 Å². The van der Waals surface area contributed by atoms with Crippen LogP contribution in [0.15, 0.2) is 5.38 Å². The summed E-state index contributed by atoms with van der Waals surface area (Å²) in [5.74, 6) is 0.996. The molecule has 0 radical (unpaired) electrons. The van der Waals surface area contributed by atoms with Crippen LogP contribution in [0.1, 0.15) is 43.3 Å². The standard InChI is InChI=1S/C13H22N2S/c1-3-6-14-12(7-11-4-5-11)8-13-15-10(2)9-16-13/h9,11-12,14H,3-8H2,1-2H3. The highest BCUT2D eigenvalue weighted by atomic mass is 32.1. The second-order valence-corrected chi connectivity index (χ2v) is 5.86. The molecule has 1 N–H and O–H groups in total. The Balaban J connectivity index is 1.84. The molecular weight excluding hydrogens is 216 g/mol. The van der Waals surface area contributed by atoms with Gasteiger partial charge in [0.25, 0.3) is 0 Å². The summed E-state index contributed by atoms with van der Waals surface area (Å²) >= 11 is 1.81. The molecule has 1 fully saturated rings. The molecule has 0 amide bonds. The lowest BCUT2D eigenvalue weighted by Gasteiger charge is -2.16. The van der Waals surface area contributed by atoms with E-state index in [9.17, 15) is 0 Å². The Morgan fingerprint density at radius 2 is 2.38 bits per heavy atom. The van der Waals surface area contributed by atoms with E-state index in [1.165, 1.54) is 36.4 Å². The van der Waals surface area contributed by atoms with Gasteiger partial charge in [0.15, 0.2) is 0 Å². The molecule has 1 saturated carbocycles. The third-order valence-corrected chi connectivity index (χ3v) is 4.07. The number of rotatable bonds is 7. The van der Waals surface area contributed by atoms with Crippen LogP contribution in [0.3, 0.4) is 0 Å². The van der Waals surface area contributed by atoms with Gasteiger partial charge >= 0.3 is 0 Å². The van der Waals surface area contributed by atoms with Crippen LogP contribution in [-0.4, -0.2) is 17.6 Å². The van der Waals surface area contributed by atoms with Gasteiger partial charge in [-0.15, -0.1) is 11.3 Å². The molecule has 1 aliphatic rings. The molecule has 2 rings (SSSR count). The average molecular weight is 238 g/mol. The Morgan fingerprint density at radius 1 is 1.56 bits per heavy atom. The fourth-order valence-electron chi connectivity index (χ4n) is 2.05. The van der Waals surface area contributed by atoms with Gasteiger partial charge in [0.1, 0.15) is 0 Å².